The zero-order valence-electron chi connectivity index (χ0n) is 13.0. The molecule has 0 aliphatic rings. The zero-order valence-corrected chi connectivity index (χ0v) is 13.8. The van der Waals surface area contributed by atoms with Gasteiger partial charge in [0.15, 0.2) is 5.69 Å². The van der Waals surface area contributed by atoms with Gasteiger partial charge in [0.2, 0.25) is 0 Å². The first kappa shape index (κ1) is 16.8. The Kier molecular flexibility index (Phi) is 4.90. The van der Waals surface area contributed by atoms with Crippen molar-refractivity contribution in [3.63, 3.8) is 0 Å². The monoisotopic (exact) mass is 332 g/mol. The molecular formula is C16H17FN4OS. The number of nitrogens with zero attached hydrogens (tertiary/aromatic N) is 1. The van der Waals surface area contributed by atoms with Gasteiger partial charge < -0.3 is 16.5 Å². The van der Waals surface area contributed by atoms with Gasteiger partial charge >= 0.3 is 0 Å². The SMILES string of the molecule is CC(C)=C(C=N)NC(=O)c1nc(-c2c(C)cccc2F)sc1N. The Balaban J connectivity index is 2.41. The summed E-state index contributed by atoms with van der Waals surface area (Å²) in [6.45, 7) is 5.32. The van der Waals surface area contributed by atoms with Crippen LogP contribution in [0.4, 0.5) is 9.39 Å². The highest BCUT2D eigenvalue weighted by Crippen LogP contribution is 2.33. The molecule has 5 nitrogen and oxygen atoms in total. The van der Waals surface area contributed by atoms with Crippen LogP contribution in [0, 0.1) is 18.2 Å². The van der Waals surface area contributed by atoms with Crippen LogP contribution in [0.15, 0.2) is 29.5 Å². The molecule has 0 radical (unpaired) electrons. The number of anilines is 1. The first-order valence-corrected chi connectivity index (χ1v) is 7.68. The van der Waals surface area contributed by atoms with Crippen molar-refractivity contribution in [1.82, 2.24) is 10.3 Å². The molecule has 1 aromatic carbocycles. The molecule has 7 heteroatoms. The third-order valence-electron chi connectivity index (χ3n) is 3.24. The second kappa shape index (κ2) is 6.70. The maximum atomic E-state index is 14.0. The number of carbonyl (C=O) groups excluding carboxylic acids is 1. The fourth-order valence-corrected chi connectivity index (χ4v) is 2.93. The molecular weight excluding hydrogens is 315 g/mol. The summed E-state index contributed by atoms with van der Waals surface area (Å²) in [5.41, 5.74) is 8.14. The molecule has 4 N–H and O–H groups in total. The number of carbonyl (C=O) groups is 1. The van der Waals surface area contributed by atoms with E-state index in [0.29, 0.717) is 16.3 Å². The Morgan fingerprint density at radius 2 is 2.13 bits per heavy atom. The number of aryl methyl sites for hydroxylation is 1. The van der Waals surface area contributed by atoms with Crippen LogP contribution in [0.3, 0.4) is 0 Å². The van der Waals surface area contributed by atoms with Crippen LogP contribution in [0.1, 0.15) is 29.9 Å². The van der Waals surface area contributed by atoms with Gasteiger partial charge in [-0.3, -0.25) is 4.79 Å². The minimum atomic E-state index is -0.515. The van der Waals surface area contributed by atoms with Crippen molar-refractivity contribution in [2.75, 3.05) is 5.73 Å². The van der Waals surface area contributed by atoms with Gasteiger partial charge in [-0.1, -0.05) is 29.0 Å². The van der Waals surface area contributed by atoms with Crippen molar-refractivity contribution in [3.05, 3.63) is 46.5 Å². The van der Waals surface area contributed by atoms with Gasteiger partial charge in [-0.15, -0.1) is 0 Å². The number of nitrogens with two attached hydrogens (primary N) is 1. The van der Waals surface area contributed by atoms with E-state index in [1.807, 2.05) is 0 Å². The first-order valence-electron chi connectivity index (χ1n) is 6.86. The van der Waals surface area contributed by atoms with Crippen molar-refractivity contribution in [2.45, 2.75) is 20.8 Å². The van der Waals surface area contributed by atoms with Crippen LogP contribution < -0.4 is 11.1 Å². The lowest BCUT2D eigenvalue weighted by Crippen LogP contribution is -2.25. The summed E-state index contributed by atoms with van der Waals surface area (Å²) in [4.78, 5) is 16.5. The second-order valence-corrected chi connectivity index (χ2v) is 6.21. The van der Waals surface area contributed by atoms with E-state index in [1.54, 1.807) is 32.9 Å². The van der Waals surface area contributed by atoms with Gasteiger partial charge in [-0.25, -0.2) is 9.37 Å². The lowest BCUT2D eigenvalue weighted by molar-refractivity contribution is 0.0964. The Morgan fingerprint density at radius 3 is 2.70 bits per heavy atom. The van der Waals surface area contributed by atoms with Gasteiger partial charge in [0.25, 0.3) is 5.91 Å². The first-order chi connectivity index (χ1) is 10.8. The van der Waals surface area contributed by atoms with E-state index >= 15 is 0 Å². The van der Waals surface area contributed by atoms with E-state index < -0.39 is 11.7 Å². The van der Waals surface area contributed by atoms with Crippen LogP contribution in [0.5, 0.6) is 0 Å². The van der Waals surface area contributed by atoms with E-state index in [0.717, 1.165) is 28.7 Å². The number of benzene rings is 1. The van der Waals surface area contributed by atoms with Gasteiger partial charge in [0.1, 0.15) is 15.8 Å². The maximum Gasteiger partial charge on any atom is 0.277 e. The predicted octanol–water partition coefficient (Wildman–Crippen LogP) is 3.51. The summed E-state index contributed by atoms with van der Waals surface area (Å²) < 4.78 is 14.0. The molecule has 0 aliphatic heterocycles. The molecule has 1 aromatic heterocycles. The maximum absolute atomic E-state index is 14.0. The largest absolute Gasteiger partial charge is 0.389 e. The summed E-state index contributed by atoms with van der Waals surface area (Å²) >= 11 is 1.06. The lowest BCUT2D eigenvalue weighted by Gasteiger charge is -2.06. The minimum Gasteiger partial charge on any atom is -0.389 e. The smallest absolute Gasteiger partial charge is 0.277 e. The normalized spacial score (nSPS) is 10.3. The average Bonchev–Trinajstić information content (AvgIpc) is 2.85. The lowest BCUT2D eigenvalue weighted by atomic mass is 10.1. The summed E-state index contributed by atoms with van der Waals surface area (Å²) in [6.07, 6.45) is 1.05. The van der Waals surface area contributed by atoms with Crippen LogP contribution in [-0.2, 0) is 0 Å². The number of aromatic nitrogens is 1. The van der Waals surface area contributed by atoms with Gasteiger partial charge in [0, 0.05) is 11.8 Å². The number of rotatable bonds is 4. The summed E-state index contributed by atoms with van der Waals surface area (Å²) in [7, 11) is 0. The van der Waals surface area contributed by atoms with E-state index in [9.17, 15) is 9.18 Å². The van der Waals surface area contributed by atoms with E-state index in [-0.39, 0.29) is 10.7 Å². The van der Waals surface area contributed by atoms with Gasteiger partial charge in [0.05, 0.1) is 5.70 Å². The minimum absolute atomic E-state index is 0.0354. The van der Waals surface area contributed by atoms with E-state index in [2.05, 4.69) is 10.3 Å². The Hall–Kier alpha value is -2.54. The highest BCUT2D eigenvalue weighted by atomic mass is 32.1. The van der Waals surface area contributed by atoms with Crippen molar-refractivity contribution < 1.29 is 9.18 Å². The highest BCUT2D eigenvalue weighted by Gasteiger charge is 2.20. The van der Waals surface area contributed by atoms with E-state index in [4.69, 9.17) is 11.1 Å². The summed E-state index contributed by atoms with van der Waals surface area (Å²) in [5, 5.41) is 10.4. The highest BCUT2D eigenvalue weighted by molar-refractivity contribution is 7.19. The molecule has 0 atom stereocenters. The number of hydrogen-bond acceptors (Lipinski definition) is 5. The van der Waals surface area contributed by atoms with Gasteiger partial charge in [-0.2, -0.15) is 0 Å². The third kappa shape index (κ3) is 3.45. The zero-order chi connectivity index (χ0) is 17.1. The predicted molar refractivity (Wildman–Crippen MR) is 91.3 cm³/mol. The van der Waals surface area contributed by atoms with Crippen LogP contribution in [0.2, 0.25) is 0 Å². The van der Waals surface area contributed by atoms with Crippen LogP contribution in [-0.4, -0.2) is 17.1 Å². The topological polar surface area (TPSA) is 91.9 Å². The third-order valence-corrected chi connectivity index (χ3v) is 4.14. The molecule has 120 valence electrons. The molecule has 2 rings (SSSR count). The number of hydrogen-bond donors (Lipinski definition) is 3. The standard InChI is InChI=1S/C16H17FN4OS/c1-8(2)11(7-18)20-15(22)13-14(19)23-16(21-13)12-9(3)5-4-6-10(12)17/h4-7,18H,19H2,1-3H3,(H,20,22). The molecule has 0 saturated carbocycles. The van der Waals surface area contributed by atoms with Crippen molar-refractivity contribution in [2.24, 2.45) is 0 Å². The van der Waals surface area contributed by atoms with Crippen molar-refractivity contribution >= 4 is 28.5 Å². The molecule has 1 amide bonds. The number of thiazole rings is 1. The number of halogens is 1. The van der Waals surface area contributed by atoms with Crippen LogP contribution in [0.25, 0.3) is 10.6 Å². The molecule has 0 aliphatic carbocycles. The van der Waals surface area contributed by atoms with Crippen molar-refractivity contribution in [1.29, 1.82) is 5.41 Å². The fourth-order valence-electron chi connectivity index (χ4n) is 1.99. The number of amides is 1. The molecule has 0 spiro atoms. The Morgan fingerprint density at radius 1 is 1.43 bits per heavy atom. The number of allylic oxidation sites excluding steroid dienone is 2. The average molecular weight is 332 g/mol. The quantitative estimate of drug-likeness (QED) is 0.748. The van der Waals surface area contributed by atoms with Gasteiger partial charge in [-0.05, 0) is 32.4 Å². The van der Waals surface area contributed by atoms with E-state index in [1.165, 1.54) is 6.07 Å². The Labute approximate surface area is 137 Å². The number of nitrogens with one attached hydrogen (secondary N) is 2. The molecule has 0 bridgehead atoms. The Bertz CT molecular complexity index is 786. The molecule has 23 heavy (non-hydrogen) atoms. The fraction of sp³-hybridized carbons (Fsp3) is 0.188. The van der Waals surface area contributed by atoms with Crippen LogP contribution >= 0.6 is 11.3 Å². The summed E-state index contributed by atoms with van der Waals surface area (Å²) in [5.74, 6) is -0.922. The summed E-state index contributed by atoms with van der Waals surface area (Å²) in [6, 6.07) is 4.73. The molecule has 0 fully saturated rings. The second-order valence-electron chi connectivity index (χ2n) is 5.18. The molecule has 0 saturated heterocycles. The molecule has 0 unspecified atom stereocenters. The molecule has 1 heterocycles. The number of nitrogen functional groups attached to an aromatic ring is 1. The molecule has 2 aromatic rings. The van der Waals surface area contributed by atoms with Crippen molar-refractivity contribution in [3.8, 4) is 10.6 Å².